The lowest BCUT2D eigenvalue weighted by atomic mass is 9.83. The highest BCUT2D eigenvalue weighted by molar-refractivity contribution is 5.15. The maximum atomic E-state index is 9.68. The van der Waals surface area contributed by atoms with Crippen molar-refractivity contribution in [1.29, 1.82) is 0 Å². The van der Waals surface area contributed by atoms with Crippen LogP contribution in [0.25, 0.3) is 0 Å². The predicted octanol–water partition coefficient (Wildman–Crippen LogP) is 2.44. The maximum Gasteiger partial charge on any atom is 0.0587 e. The van der Waals surface area contributed by atoms with Gasteiger partial charge in [0.05, 0.1) is 6.61 Å². The first kappa shape index (κ1) is 16.0. The van der Waals surface area contributed by atoms with Gasteiger partial charge in [0.1, 0.15) is 0 Å². The molecule has 3 heteroatoms. The summed E-state index contributed by atoms with van der Waals surface area (Å²) < 4.78 is 0. The molecular weight excluding hydrogens is 272 g/mol. The molecule has 122 valence electrons. The molecule has 2 aliphatic heterocycles. The summed E-state index contributed by atoms with van der Waals surface area (Å²) in [5.74, 6) is 0.763. The third kappa shape index (κ3) is 4.09. The van der Waals surface area contributed by atoms with Gasteiger partial charge in [-0.15, -0.1) is 0 Å². The van der Waals surface area contributed by atoms with E-state index in [1.165, 1.54) is 50.8 Å². The Balaban J connectivity index is 1.51. The molecule has 0 radical (unpaired) electrons. The van der Waals surface area contributed by atoms with Gasteiger partial charge in [-0.05, 0) is 63.2 Å². The number of nitrogens with zero attached hydrogens (tertiary/aromatic N) is 1. The van der Waals surface area contributed by atoms with Crippen molar-refractivity contribution in [2.45, 2.75) is 50.6 Å². The fraction of sp³-hybridized carbons (Fsp3) is 0.684. The number of fused-ring (bicyclic) bond motifs is 1. The Kier molecular flexibility index (Phi) is 5.88. The monoisotopic (exact) mass is 302 g/mol. The fourth-order valence-electron chi connectivity index (χ4n) is 4.23. The largest absolute Gasteiger partial charge is 0.395 e. The van der Waals surface area contributed by atoms with E-state index in [1.54, 1.807) is 0 Å². The van der Waals surface area contributed by atoms with Crippen molar-refractivity contribution in [2.24, 2.45) is 5.92 Å². The van der Waals surface area contributed by atoms with E-state index in [0.717, 1.165) is 24.9 Å². The summed E-state index contributed by atoms with van der Waals surface area (Å²) in [7, 11) is 0. The van der Waals surface area contributed by atoms with Crippen LogP contribution in [0, 0.1) is 5.92 Å². The van der Waals surface area contributed by atoms with Crippen LogP contribution in [0.2, 0.25) is 0 Å². The fourth-order valence-corrected chi connectivity index (χ4v) is 4.23. The van der Waals surface area contributed by atoms with Crippen LogP contribution in [0.15, 0.2) is 30.3 Å². The van der Waals surface area contributed by atoms with Gasteiger partial charge in [-0.3, -0.25) is 0 Å². The Hall–Kier alpha value is -0.900. The van der Waals surface area contributed by atoms with Crippen LogP contribution in [0.3, 0.4) is 0 Å². The normalized spacial score (nSPS) is 27.3. The SMILES string of the molecule is OC[C@@H](Cc1ccccc1)NC[C@@H]1CCCN2CCCC[C@H]12. The zero-order valence-corrected chi connectivity index (χ0v) is 13.6. The zero-order chi connectivity index (χ0) is 15.2. The number of aliphatic hydroxyl groups is 1. The highest BCUT2D eigenvalue weighted by atomic mass is 16.3. The van der Waals surface area contributed by atoms with Gasteiger partial charge in [0.25, 0.3) is 0 Å². The second-order valence-corrected chi connectivity index (χ2v) is 6.98. The summed E-state index contributed by atoms with van der Waals surface area (Å²) in [6.45, 7) is 3.87. The van der Waals surface area contributed by atoms with E-state index in [-0.39, 0.29) is 12.6 Å². The van der Waals surface area contributed by atoms with Gasteiger partial charge in [-0.2, -0.15) is 0 Å². The van der Waals surface area contributed by atoms with Gasteiger partial charge >= 0.3 is 0 Å². The Bertz CT molecular complexity index is 434. The minimum atomic E-state index is 0.182. The first-order valence-corrected chi connectivity index (χ1v) is 8.99. The van der Waals surface area contributed by atoms with E-state index in [9.17, 15) is 5.11 Å². The van der Waals surface area contributed by atoms with Gasteiger partial charge < -0.3 is 15.3 Å². The van der Waals surface area contributed by atoms with Gasteiger partial charge in [-0.25, -0.2) is 0 Å². The summed E-state index contributed by atoms with van der Waals surface area (Å²) >= 11 is 0. The van der Waals surface area contributed by atoms with Crippen LogP contribution in [0.1, 0.15) is 37.7 Å². The van der Waals surface area contributed by atoms with Crippen LogP contribution in [0.5, 0.6) is 0 Å². The van der Waals surface area contributed by atoms with Crippen molar-refractivity contribution >= 4 is 0 Å². The van der Waals surface area contributed by atoms with Gasteiger partial charge in [0, 0.05) is 12.1 Å². The topological polar surface area (TPSA) is 35.5 Å². The highest BCUT2D eigenvalue weighted by Crippen LogP contribution is 2.30. The Morgan fingerprint density at radius 2 is 1.91 bits per heavy atom. The lowest BCUT2D eigenvalue weighted by Crippen LogP contribution is -2.51. The minimum absolute atomic E-state index is 0.182. The molecule has 0 aromatic heterocycles. The average Bonchev–Trinajstić information content (AvgIpc) is 2.59. The number of hydrogen-bond donors (Lipinski definition) is 2. The van der Waals surface area contributed by atoms with E-state index < -0.39 is 0 Å². The molecule has 3 nitrogen and oxygen atoms in total. The number of nitrogens with one attached hydrogen (secondary N) is 1. The molecule has 1 aromatic rings. The molecular formula is C19H30N2O. The molecule has 2 aliphatic rings. The molecule has 2 N–H and O–H groups in total. The molecule has 22 heavy (non-hydrogen) atoms. The second kappa shape index (κ2) is 8.09. The van der Waals surface area contributed by atoms with E-state index in [0.29, 0.717) is 0 Å². The number of benzene rings is 1. The molecule has 0 amide bonds. The third-order valence-electron chi connectivity index (χ3n) is 5.44. The third-order valence-corrected chi connectivity index (χ3v) is 5.44. The van der Waals surface area contributed by atoms with E-state index in [1.807, 2.05) is 6.07 Å². The molecule has 0 bridgehead atoms. The molecule has 0 unspecified atom stereocenters. The average molecular weight is 302 g/mol. The summed E-state index contributed by atoms with van der Waals surface area (Å²) in [4.78, 5) is 2.71. The molecule has 3 rings (SSSR count). The predicted molar refractivity (Wildman–Crippen MR) is 91.0 cm³/mol. The lowest BCUT2D eigenvalue weighted by Gasteiger charge is -2.44. The highest BCUT2D eigenvalue weighted by Gasteiger charge is 2.32. The van der Waals surface area contributed by atoms with Crippen molar-refractivity contribution in [1.82, 2.24) is 10.2 Å². The van der Waals surface area contributed by atoms with Crippen LogP contribution in [-0.4, -0.2) is 48.3 Å². The summed E-state index contributed by atoms with van der Waals surface area (Å²) in [6, 6.07) is 11.5. The minimum Gasteiger partial charge on any atom is -0.395 e. The van der Waals surface area contributed by atoms with Crippen LogP contribution in [-0.2, 0) is 6.42 Å². The Morgan fingerprint density at radius 3 is 2.73 bits per heavy atom. The van der Waals surface area contributed by atoms with Gasteiger partial charge in [-0.1, -0.05) is 36.8 Å². The van der Waals surface area contributed by atoms with Crippen molar-refractivity contribution in [3.05, 3.63) is 35.9 Å². The van der Waals surface area contributed by atoms with Gasteiger partial charge in [0.2, 0.25) is 0 Å². The summed E-state index contributed by atoms with van der Waals surface area (Å²) in [5.41, 5.74) is 1.30. The first-order valence-electron chi connectivity index (χ1n) is 8.99. The van der Waals surface area contributed by atoms with Gasteiger partial charge in [0.15, 0.2) is 0 Å². The first-order chi connectivity index (χ1) is 10.9. The summed E-state index contributed by atoms with van der Waals surface area (Å²) in [6.07, 6.45) is 7.74. The summed E-state index contributed by atoms with van der Waals surface area (Å²) in [5, 5.41) is 13.3. The molecule has 1 aromatic carbocycles. The van der Waals surface area contributed by atoms with E-state index in [2.05, 4.69) is 34.5 Å². The molecule has 2 heterocycles. The molecule has 0 spiro atoms. The molecule has 2 saturated heterocycles. The van der Waals surface area contributed by atoms with Crippen LogP contribution < -0.4 is 5.32 Å². The Labute approximate surface area is 134 Å². The van der Waals surface area contributed by atoms with Crippen molar-refractivity contribution in [3.8, 4) is 0 Å². The van der Waals surface area contributed by atoms with Crippen molar-refractivity contribution in [3.63, 3.8) is 0 Å². The van der Waals surface area contributed by atoms with Crippen molar-refractivity contribution in [2.75, 3.05) is 26.2 Å². The zero-order valence-electron chi connectivity index (χ0n) is 13.6. The number of rotatable bonds is 6. The molecule has 0 saturated carbocycles. The molecule has 3 atom stereocenters. The lowest BCUT2D eigenvalue weighted by molar-refractivity contribution is 0.0570. The van der Waals surface area contributed by atoms with Crippen LogP contribution in [0.4, 0.5) is 0 Å². The van der Waals surface area contributed by atoms with E-state index >= 15 is 0 Å². The van der Waals surface area contributed by atoms with Crippen molar-refractivity contribution < 1.29 is 5.11 Å². The number of aliphatic hydroxyl groups excluding tert-OH is 1. The van der Waals surface area contributed by atoms with E-state index in [4.69, 9.17) is 0 Å². The smallest absolute Gasteiger partial charge is 0.0587 e. The maximum absolute atomic E-state index is 9.68. The molecule has 2 fully saturated rings. The Morgan fingerprint density at radius 1 is 1.09 bits per heavy atom. The number of piperidine rings is 2. The number of hydrogen-bond acceptors (Lipinski definition) is 3. The van der Waals surface area contributed by atoms with Crippen LogP contribution >= 0.6 is 0 Å². The quantitative estimate of drug-likeness (QED) is 0.847. The molecule has 0 aliphatic carbocycles. The standard InChI is InChI=1S/C19H30N2O/c22-15-18(13-16-7-2-1-3-8-16)20-14-17-9-6-12-21-11-5-4-10-19(17)21/h1-3,7-8,17-20,22H,4-6,9-15H2/t17-,18+,19+/m0/s1. The second-order valence-electron chi connectivity index (χ2n) is 6.98.